The van der Waals surface area contributed by atoms with E-state index in [9.17, 15) is 13.2 Å². The van der Waals surface area contributed by atoms with Crippen molar-refractivity contribution in [1.29, 1.82) is 0 Å². The van der Waals surface area contributed by atoms with E-state index < -0.39 is 10.0 Å². The van der Waals surface area contributed by atoms with Crippen LogP contribution < -0.4 is 5.32 Å². The van der Waals surface area contributed by atoms with Crippen molar-refractivity contribution in [2.45, 2.75) is 18.7 Å². The van der Waals surface area contributed by atoms with Gasteiger partial charge in [-0.05, 0) is 37.4 Å². The van der Waals surface area contributed by atoms with Crippen LogP contribution in [0.15, 0.2) is 29.2 Å². The minimum Gasteiger partial charge on any atom is -0.325 e. The van der Waals surface area contributed by atoms with Gasteiger partial charge in [-0.1, -0.05) is 13.8 Å². The molecule has 7 heteroatoms. The van der Waals surface area contributed by atoms with Crippen molar-refractivity contribution >= 4 is 21.6 Å². The Labute approximate surface area is 126 Å². The second-order valence-electron chi connectivity index (χ2n) is 4.82. The van der Waals surface area contributed by atoms with Gasteiger partial charge in [0.2, 0.25) is 15.9 Å². The van der Waals surface area contributed by atoms with Crippen LogP contribution >= 0.6 is 0 Å². The molecule has 1 amide bonds. The lowest BCUT2D eigenvalue weighted by molar-refractivity contribution is -0.117. The standard InChI is InChI=1S/C14H23N3O3S/c1-5-17(6-2)11-14(18)15-12-7-9-13(10-8-12)21(19,20)16(3)4/h7-10H,5-6,11H2,1-4H3,(H,15,18). The van der Waals surface area contributed by atoms with Gasteiger partial charge in [0.05, 0.1) is 11.4 Å². The number of hydrogen-bond acceptors (Lipinski definition) is 4. The van der Waals surface area contributed by atoms with E-state index in [-0.39, 0.29) is 10.8 Å². The van der Waals surface area contributed by atoms with Crippen molar-refractivity contribution in [3.8, 4) is 0 Å². The lowest BCUT2D eigenvalue weighted by atomic mass is 10.3. The summed E-state index contributed by atoms with van der Waals surface area (Å²) in [4.78, 5) is 14.1. The molecule has 1 rings (SSSR count). The van der Waals surface area contributed by atoms with Crippen LogP contribution in [-0.2, 0) is 14.8 Å². The Bertz CT molecular complexity index is 564. The van der Waals surface area contributed by atoms with E-state index in [1.165, 1.54) is 26.2 Å². The van der Waals surface area contributed by atoms with Crippen molar-refractivity contribution in [2.24, 2.45) is 0 Å². The van der Waals surface area contributed by atoms with Crippen LogP contribution in [0.2, 0.25) is 0 Å². The van der Waals surface area contributed by atoms with Gasteiger partial charge in [-0.2, -0.15) is 0 Å². The van der Waals surface area contributed by atoms with Crippen molar-refractivity contribution in [1.82, 2.24) is 9.21 Å². The number of carbonyl (C=O) groups excluding carboxylic acids is 1. The Morgan fingerprint density at radius 3 is 2.05 bits per heavy atom. The Hall–Kier alpha value is -1.44. The molecule has 0 heterocycles. The number of sulfonamides is 1. The number of anilines is 1. The monoisotopic (exact) mass is 313 g/mol. The molecule has 21 heavy (non-hydrogen) atoms. The van der Waals surface area contributed by atoms with E-state index in [1.54, 1.807) is 12.1 Å². The SMILES string of the molecule is CCN(CC)CC(=O)Nc1ccc(S(=O)(=O)N(C)C)cc1. The van der Waals surface area contributed by atoms with E-state index in [4.69, 9.17) is 0 Å². The highest BCUT2D eigenvalue weighted by atomic mass is 32.2. The number of nitrogens with one attached hydrogen (secondary N) is 1. The fourth-order valence-corrected chi connectivity index (χ4v) is 2.67. The Kier molecular flexibility index (Phi) is 6.32. The van der Waals surface area contributed by atoms with Gasteiger partial charge in [0, 0.05) is 19.8 Å². The second-order valence-corrected chi connectivity index (χ2v) is 6.97. The molecule has 0 aromatic heterocycles. The number of carbonyl (C=O) groups is 1. The zero-order valence-electron chi connectivity index (χ0n) is 13.0. The zero-order valence-corrected chi connectivity index (χ0v) is 13.8. The summed E-state index contributed by atoms with van der Waals surface area (Å²) >= 11 is 0. The van der Waals surface area contributed by atoms with Gasteiger partial charge in [-0.3, -0.25) is 9.69 Å². The number of likely N-dealkylation sites (N-methyl/N-ethyl adjacent to an activating group) is 1. The third kappa shape index (κ3) is 4.80. The summed E-state index contributed by atoms with van der Waals surface area (Å²) in [7, 11) is -0.474. The van der Waals surface area contributed by atoms with Crippen LogP contribution in [-0.4, -0.2) is 57.3 Å². The molecule has 0 fully saturated rings. The summed E-state index contributed by atoms with van der Waals surface area (Å²) in [6.45, 7) is 5.94. The maximum absolute atomic E-state index is 11.9. The molecular weight excluding hydrogens is 290 g/mol. The first-order chi connectivity index (χ1) is 9.81. The molecule has 6 nitrogen and oxygen atoms in total. The van der Waals surface area contributed by atoms with Gasteiger partial charge in [0.1, 0.15) is 0 Å². The van der Waals surface area contributed by atoms with Gasteiger partial charge in [-0.15, -0.1) is 0 Å². The van der Waals surface area contributed by atoms with Crippen molar-refractivity contribution < 1.29 is 13.2 Å². The predicted molar refractivity (Wildman–Crippen MR) is 83.7 cm³/mol. The molecule has 0 aliphatic heterocycles. The molecule has 0 aliphatic carbocycles. The third-order valence-corrected chi connectivity index (χ3v) is 5.01. The van der Waals surface area contributed by atoms with E-state index in [0.29, 0.717) is 12.2 Å². The minimum atomic E-state index is -3.44. The Balaban J connectivity index is 2.74. The largest absolute Gasteiger partial charge is 0.325 e. The first-order valence-corrected chi connectivity index (χ1v) is 8.30. The highest BCUT2D eigenvalue weighted by Crippen LogP contribution is 2.16. The molecule has 0 aliphatic rings. The lowest BCUT2D eigenvalue weighted by Crippen LogP contribution is -2.32. The van der Waals surface area contributed by atoms with Crippen molar-refractivity contribution in [3.63, 3.8) is 0 Å². The van der Waals surface area contributed by atoms with E-state index >= 15 is 0 Å². The highest BCUT2D eigenvalue weighted by Gasteiger charge is 2.16. The molecule has 0 spiro atoms. The molecular formula is C14H23N3O3S. The first-order valence-electron chi connectivity index (χ1n) is 6.86. The summed E-state index contributed by atoms with van der Waals surface area (Å²) in [6, 6.07) is 6.16. The minimum absolute atomic E-state index is 0.109. The fraction of sp³-hybridized carbons (Fsp3) is 0.500. The summed E-state index contributed by atoms with van der Waals surface area (Å²) in [6.07, 6.45) is 0. The normalized spacial score (nSPS) is 11.9. The van der Waals surface area contributed by atoms with E-state index in [1.807, 2.05) is 18.7 Å². The van der Waals surface area contributed by atoms with E-state index in [2.05, 4.69) is 5.32 Å². The van der Waals surface area contributed by atoms with Gasteiger partial charge in [-0.25, -0.2) is 12.7 Å². The molecule has 0 atom stereocenters. The maximum Gasteiger partial charge on any atom is 0.242 e. The van der Waals surface area contributed by atoms with Gasteiger partial charge in [0.25, 0.3) is 0 Å². The molecule has 1 aromatic carbocycles. The molecule has 0 bridgehead atoms. The lowest BCUT2D eigenvalue weighted by Gasteiger charge is -2.17. The summed E-state index contributed by atoms with van der Waals surface area (Å²) < 4.78 is 25.0. The van der Waals surface area contributed by atoms with Crippen LogP contribution in [0.4, 0.5) is 5.69 Å². The number of rotatable bonds is 7. The van der Waals surface area contributed by atoms with Crippen LogP contribution in [0.5, 0.6) is 0 Å². The fourth-order valence-electron chi connectivity index (χ4n) is 1.77. The van der Waals surface area contributed by atoms with Crippen LogP contribution in [0.3, 0.4) is 0 Å². The Morgan fingerprint density at radius 2 is 1.62 bits per heavy atom. The number of hydrogen-bond donors (Lipinski definition) is 1. The van der Waals surface area contributed by atoms with Crippen LogP contribution in [0.1, 0.15) is 13.8 Å². The van der Waals surface area contributed by atoms with Crippen LogP contribution in [0, 0.1) is 0 Å². The smallest absolute Gasteiger partial charge is 0.242 e. The topological polar surface area (TPSA) is 69.7 Å². The molecule has 118 valence electrons. The number of amides is 1. The molecule has 1 N–H and O–H groups in total. The molecule has 0 radical (unpaired) electrons. The second kappa shape index (κ2) is 7.53. The van der Waals surface area contributed by atoms with Crippen molar-refractivity contribution in [2.75, 3.05) is 39.0 Å². The molecule has 0 saturated carbocycles. The Morgan fingerprint density at radius 1 is 1.10 bits per heavy atom. The quantitative estimate of drug-likeness (QED) is 0.821. The first kappa shape index (κ1) is 17.6. The van der Waals surface area contributed by atoms with Crippen molar-refractivity contribution in [3.05, 3.63) is 24.3 Å². The maximum atomic E-state index is 11.9. The number of benzene rings is 1. The highest BCUT2D eigenvalue weighted by molar-refractivity contribution is 7.89. The summed E-state index contributed by atoms with van der Waals surface area (Å²) in [5.74, 6) is -0.109. The van der Waals surface area contributed by atoms with E-state index in [0.717, 1.165) is 17.4 Å². The van der Waals surface area contributed by atoms with Gasteiger partial charge >= 0.3 is 0 Å². The molecule has 1 aromatic rings. The average molecular weight is 313 g/mol. The van der Waals surface area contributed by atoms with Gasteiger partial charge < -0.3 is 5.32 Å². The summed E-state index contributed by atoms with van der Waals surface area (Å²) in [5, 5.41) is 2.76. The number of nitrogens with zero attached hydrogens (tertiary/aromatic N) is 2. The third-order valence-electron chi connectivity index (χ3n) is 3.18. The molecule has 0 unspecified atom stereocenters. The predicted octanol–water partition coefficient (Wildman–Crippen LogP) is 1.22. The van der Waals surface area contributed by atoms with Crippen LogP contribution in [0.25, 0.3) is 0 Å². The van der Waals surface area contributed by atoms with Gasteiger partial charge in [0.15, 0.2) is 0 Å². The molecule has 0 saturated heterocycles. The summed E-state index contributed by atoms with van der Waals surface area (Å²) in [5.41, 5.74) is 0.588. The average Bonchev–Trinajstić information content (AvgIpc) is 2.45. The zero-order chi connectivity index (χ0) is 16.0.